The van der Waals surface area contributed by atoms with Gasteiger partial charge in [0.25, 0.3) is 11.6 Å². The molecule has 7 nitrogen and oxygen atoms in total. The Bertz CT molecular complexity index is 731. The number of hydrazone groups is 1. The van der Waals surface area contributed by atoms with Crippen molar-refractivity contribution in [1.82, 2.24) is 10.4 Å². The number of carbonyl (C=O) groups is 1. The summed E-state index contributed by atoms with van der Waals surface area (Å²) < 4.78 is 0. The summed E-state index contributed by atoms with van der Waals surface area (Å²) in [7, 11) is 0. The summed E-state index contributed by atoms with van der Waals surface area (Å²) in [5, 5.41) is 15.3. The van der Waals surface area contributed by atoms with Crippen LogP contribution in [0.1, 0.15) is 29.9 Å². The average molecular weight is 288 g/mol. The van der Waals surface area contributed by atoms with Crippen LogP contribution in [0.25, 0.3) is 10.9 Å². The third-order valence-electron chi connectivity index (χ3n) is 3.02. The van der Waals surface area contributed by atoms with Gasteiger partial charge in [0.2, 0.25) is 0 Å². The number of nitrogens with one attached hydrogen (secondary N) is 2. The van der Waals surface area contributed by atoms with E-state index in [-0.39, 0.29) is 17.5 Å². The molecule has 2 rings (SSSR count). The second-order valence-electron chi connectivity index (χ2n) is 5.08. The summed E-state index contributed by atoms with van der Waals surface area (Å²) in [6.07, 6.45) is 1.63. The molecule has 0 saturated carbocycles. The molecule has 2 N–H and O–H groups in total. The highest BCUT2D eigenvalue weighted by Crippen LogP contribution is 2.25. The van der Waals surface area contributed by atoms with Crippen molar-refractivity contribution in [3.05, 3.63) is 39.6 Å². The van der Waals surface area contributed by atoms with E-state index >= 15 is 0 Å². The molecule has 21 heavy (non-hydrogen) atoms. The maximum absolute atomic E-state index is 12.0. The number of nitro benzene ring substituents is 1. The van der Waals surface area contributed by atoms with Crippen LogP contribution in [0.2, 0.25) is 0 Å². The fraction of sp³-hybridized carbons (Fsp3) is 0.286. The maximum atomic E-state index is 12.0. The van der Waals surface area contributed by atoms with Crippen molar-refractivity contribution in [3.63, 3.8) is 0 Å². The lowest BCUT2D eigenvalue weighted by Gasteiger charge is -1.99. The molecule has 2 aromatic rings. The summed E-state index contributed by atoms with van der Waals surface area (Å²) in [4.78, 5) is 25.3. The molecular weight excluding hydrogens is 272 g/mol. The van der Waals surface area contributed by atoms with Crippen LogP contribution in [0.4, 0.5) is 5.69 Å². The zero-order valence-corrected chi connectivity index (χ0v) is 12.0. The second kappa shape index (κ2) is 5.74. The minimum Gasteiger partial charge on any atom is -0.350 e. The Morgan fingerprint density at radius 2 is 2.19 bits per heavy atom. The van der Waals surface area contributed by atoms with Crippen LogP contribution in [-0.2, 0) is 0 Å². The first-order valence-corrected chi connectivity index (χ1v) is 6.50. The number of fused-ring (bicyclic) bond motifs is 1. The molecule has 0 spiro atoms. The van der Waals surface area contributed by atoms with Crippen LogP contribution in [0.5, 0.6) is 0 Å². The third kappa shape index (κ3) is 3.07. The monoisotopic (exact) mass is 288 g/mol. The highest BCUT2D eigenvalue weighted by atomic mass is 16.6. The first kappa shape index (κ1) is 14.7. The minimum atomic E-state index is -0.460. The number of benzene rings is 1. The minimum absolute atomic E-state index is 0.00520. The average Bonchev–Trinajstić information content (AvgIpc) is 2.75. The van der Waals surface area contributed by atoms with E-state index in [4.69, 9.17) is 0 Å². The van der Waals surface area contributed by atoms with Gasteiger partial charge < -0.3 is 4.98 Å². The Balaban J connectivity index is 2.35. The normalized spacial score (nSPS) is 11.4. The molecule has 0 radical (unpaired) electrons. The summed E-state index contributed by atoms with van der Waals surface area (Å²) in [5.74, 6) is -0.139. The molecule has 1 heterocycles. The quantitative estimate of drug-likeness (QED) is 0.514. The molecule has 0 aliphatic carbocycles. The van der Waals surface area contributed by atoms with Crippen LogP contribution in [0.15, 0.2) is 23.3 Å². The molecule has 0 fully saturated rings. The Kier molecular flexibility index (Phi) is 4.02. The number of aromatic nitrogens is 1. The number of non-ortho nitro benzene ring substituents is 1. The number of hydrogen-bond acceptors (Lipinski definition) is 4. The van der Waals surface area contributed by atoms with Gasteiger partial charge in [-0.2, -0.15) is 5.10 Å². The molecule has 1 amide bonds. The van der Waals surface area contributed by atoms with E-state index in [0.717, 1.165) is 0 Å². The summed E-state index contributed by atoms with van der Waals surface area (Å²) in [5.41, 5.74) is 4.12. The lowest BCUT2D eigenvalue weighted by atomic mass is 10.1. The van der Waals surface area contributed by atoms with Gasteiger partial charge in [-0.15, -0.1) is 0 Å². The fourth-order valence-electron chi connectivity index (χ4n) is 1.96. The van der Waals surface area contributed by atoms with Gasteiger partial charge in [0, 0.05) is 29.3 Å². The van der Waals surface area contributed by atoms with Crippen molar-refractivity contribution in [2.24, 2.45) is 11.0 Å². The number of carbonyl (C=O) groups excluding carboxylic acids is 1. The van der Waals surface area contributed by atoms with Gasteiger partial charge in [-0.05, 0) is 24.5 Å². The Morgan fingerprint density at radius 1 is 1.48 bits per heavy atom. The summed E-state index contributed by atoms with van der Waals surface area (Å²) >= 11 is 0. The lowest BCUT2D eigenvalue weighted by molar-refractivity contribution is -0.384. The smallest absolute Gasteiger partial charge is 0.288 e. The van der Waals surface area contributed by atoms with Gasteiger partial charge >= 0.3 is 0 Å². The predicted octanol–water partition coefficient (Wildman–Crippen LogP) is 2.76. The van der Waals surface area contributed by atoms with Gasteiger partial charge in [-0.1, -0.05) is 13.8 Å². The second-order valence-corrected chi connectivity index (χ2v) is 5.08. The highest BCUT2D eigenvalue weighted by Gasteiger charge is 2.16. The van der Waals surface area contributed by atoms with E-state index in [1.165, 1.54) is 12.1 Å². The Labute approximate surface area is 121 Å². The maximum Gasteiger partial charge on any atom is 0.288 e. The van der Waals surface area contributed by atoms with Crippen molar-refractivity contribution in [3.8, 4) is 0 Å². The van der Waals surface area contributed by atoms with Crippen LogP contribution in [0, 0.1) is 23.0 Å². The van der Waals surface area contributed by atoms with E-state index in [2.05, 4.69) is 15.5 Å². The number of H-pyrrole nitrogens is 1. The van der Waals surface area contributed by atoms with Gasteiger partial charge in [0.05, 0.1) is 4.92 Å². The SMILES string of the molecule is Cc1c(C(=O)N/N=C\C(C)C)[nH]c2ccc([N+](=O)[O-])cc12. The molecule has 110 valence electrons. The molecule has 0 atom stereocenters. The van der Waals surface area contributed by atoms with Crippen LogP contribution in [0.3, 0.4) is 0 Å². The van der Waals surface area contributed by atoms with Crippen molar-refractivity contribution >= 4 is 28.7 Å². The number of nitro groups is 1. The summed E-state index contributed by atoms with van der Waals surface area (Å²) in [6, 6.07) is 4.45. The lowest BCUT2D eigenvalue weighted by Crippen LogP contribution is -2.19. The molecule has 7 heteroatoms. The van der Waals surface area contributed by atoms with Crippen LogP contribution >= 0.6 is 0 Å². The Morgan fingerprint density at radius 3 is 2.81 bits per heavy atom. The topological polar surface area (TPSA) is 100 Å². The van der Waals surface area contributed by atoms with Crippen molar-refractivity contribution in [2.45, 2.75) is 20.8 Å². The first-order valence-electron chi connectivity index (χ1n) is 6.50. The zero-order chi connectivity index (χ0) is 15.6. The standard InChI is InChI=1S/C14H16N4O3/c1-8(2)7-15-17-14(19)13-9(3)11-6-10(18(20)21)4-5-12(11)16-13/h4-8,16H,1-3H3,(H,17,19)/b15-7-. The molecule has 1 aromatic heterocycles. The van der Waals surface area contributed by atoms with E-state index in [9.17, 15) is 14.9 Å². The largest absolute Gasteiger partial charge is 0.350 e. The van der Waals surface area contributed by atoms with Crippen LogP contribution in [-0.4, -0.2) is 22.0 Å². The van der Waals surface area contributed by atoms with Crippen molar-refractivity contribution in [1.29, 1.82) is 0 Å². The number of hydrogen-bond donors (Lipinski definition) is 2. The van der Waals surface area contributed by atoms with E-state index < -0.39 is 4.92 Å². The van der Waals surface area contributed by atoms with Crippen LogP contribution < -0.4 is 5.43 Å². The molecule has 0 bridgehead atoms. The van der Waals surface area contributed by atoms with E-state index in [0.29, 0.717) is 22.2 Å². The number of amides is 1. The number of rotatable bonds is 4. The van der Waals surface area contributed by atoms with E-state index in [1.54, 1.807) is 19.2 Å². The molecule has 0 unspecified atom stereocenters. The number of aryl methyl sites for hydroxylation is 1. The number of aromatic amines is 1. The third-order valence-corrected chi connectivity index (χ3v) is 3.02. The molecular formula is C14H16N4O3. The van der Waals surface area contributed by atoms with Crippen molar-refractivity contribution < 1.29 is 9.72 Å². The van der Waals surface area contributed by atoms with Gasteiger partial charge in [-0.25, -0.2) is 5.43 Å². The molecule has 1 aromatic carbocycles. The van der Waals surface area contributed by atoms with Gasteiger partial charge in [-0.3, -0.25) is 14.9 Å². The summed E-state index contributed by atoms with van der Waals surface area (Å²) in [6.45, 7) is 5.63. The molecule has 0 aliphatic heterocycles. The Hall–Kier alpha value is -2.70. The number of nitrogens with zero attached hydrogens (tertiary/aromatic N) is 2. The van der Waals surface area contributed by atoms with Gasteiger partial charge in [0.1, 0.15) is 5.69 Å². The molecule has 0 saturated heterocycles. The predicted molar refractivity (Wildman–Crippen MR) is 80.5 cm³/mol. The van der Waals surface area contributed by atoms with Crippen molar-refractivity contribution in [2.75, 3.05) is 0 Å². The fourth-order valence-corrected chi connectivity index (χ4v) is 1.96. The van der Waals surface area contributed by atoms with E-state index in [1.807, 2.05) is 13.8 Å². The molecule has 0 aliphatic rings. The highest BCUT2D eigenvalue weighted by molar-refractivity contribution is 6.01. The zero-order valence-electron chi connectivity index (χ0n) is 12.0. The van der Waals surface area contributed by atoms with Gasteiger partial charge in [0.15, 0.2) is 0 Å². The first-order chi connectivity index (χ1) is 9.90.